The van der Waals surface area contributed by atoms with Crippen molar-refractivity contribution < 1.29 is 33.6 Å². The van der Waals surface area contributed by atoms with Gasteiger partial charge in [-0.1, -0.05) is 0 Å². The Kier molecular flexibility index (Phi) is 9.53. The third kappa shape index (κ3) is 8.55. The smallest absolute Gasteiger partial charge is 0.408 e. The zero-order chi connectivity index (χ0) is 25.0. The highest BCUT2D eigenvalue weighted by atomic mass is 127. The van der Waals surface area contributed by atoms with Crippen molar-refractivity contribution in [2.24, 2.45) is 0 Å². The maximum atomic E-state index is 12.0. The Balaban J connectivity index is 1.69. The van der Waals surface area contributed by atoms with Gasteiger partial charge in [0.05, 0.1) is 17.3 Å². The van der Waals surface area contributed by atoms with E-state index in [0.717, 1.165) is 28.6 Å². The molecule has 1 heterocycles. The van der Waals surface area contributed by atoms with Crippen LogP contribution in [0, 0.1) is 10.7 Å². The van der Waals surface area contributed by atoms with Gasteiger partial charge in [-0.05, 0) is 124 Å². The van der Waals surface area contributed by atoms with Crippen LogP contribution in [0.1, 0.15) is 26.3 Å². The molecule has 11 heteroatoms. The number of hydrogen-bond donors (Lipinski definition) is 2. The summed E-state index contributed by atoms with van der Waals surface area (Å²) < 4.78 is 24.8. The monoisotopic (exact) mass is 807 g/mol. The van der Waals surface area contributed by atoms with E-state index < -0.39 is 23.7 Å². The summed E-state index contributed by atoms with van der Waals surface area (Å²) in [6, 6.07) is 8.19. The van der Waals surface area contributed by atoms with Crippen molar-refractivity contribution in [3.05, 3.63) is 46.6 Å². The molecule has 2 N–H and O–H groups in total. The number of halogens is 3. The summed E-state index contributed by atoms with van der Waals surface area (Å²) in [6.45, 7) is 6.44. The predicted octanol–water partition coefficient (Wildman–Crippen LogP) is 5.59. The lowest BCUT2D eigenvalue weighted by Gasteiger charge is -2.22. The minimum Gasteiger partial charge on any atom is -0.490 e. The lowest BCUT2D eigenvalue weighted by molar-refractivity contribution is -0.139. The van der Waals surface area contributed by atoms with Gasteiger partial charge in [-0.15, -0.1) is 0 Å². The molecule has 0 saturated carbocycles. The van der Waals surface area contributed by atoms with Crippen molar-refractivity contribution in [3.63, 3.8) is 0 Å². The number of hydrogen-bond acceptors (Lipinski definition) is 6. The quantitative estimate of drug-likeness (QED) is 0.252. The van der Waals surface area contributed by atoms with Crippen LogP contribution in [0.25, 0.3) is 0 Å². The Morgan fingerprint density at radius 1 is 1.15 bits per heavy atom. The van der Waals surface area contributed by atoms with Gasteiger partial charge >= 0.3 is 12.1 Å². The van der Waals surface area contributed by atoms with Crippen LogP contribution in [0.15, 0.2) is 30.3 Å². The first-order valence-corrected chi connectivity index (χ1v) is 13.6. The molecular weight excluding hydrogens is 783 g/mol. The molecule has 2 unspecified atom stereocenters. The van der Waals surface area contributed by atoms with Crippen molar-refractivity contribution in [2.75, 3.05) is 13.2 Å². The van der Waals surface area contributed by atoms with E-state index in [1.807, 2.05) is 30.3 Å². The molecule has 3 rings (SSSR count). The number of carboxylic acids is 1. The summed E-state index contributed by atoms with van der Waals surface area (Å²) in [4.78, 5) is 23.8. The lowest BCUT2D eigenvalue weighted by atomic mass is 10.1. The summed E-state index contributed by atoms with van der Waals surface area (Å²) in [5.41, 5.74) is 0.0372. The van der Waals surface area contributed by atoms with Gasteiger partial charge in [0, 0.05) is 6.42 Å². The normalized spacial score (nSPS) is 15.9. The first kappa shape index (κ1) is 27.5. The van der Waals surface area contributed by atoms with Gasteiger partial charge in [-0.3, -0.25) is 0 Å². The van der Waals surface area contributed by atoms with E-state index in [-0.39, 0.29) is 12.5 Å². The number of aliphatic carboxylic acids is 1. The second kappa shape index (κ2) is 11.8. The summed E-state index contributed by atoms with van der Waals surface area (Å²) >= 11 is 6.52. The van der Waals surface area contributed by atoms with Gasteiger partial charge in [0.1, 0.15) is 35.9 Å². The summed E-state index contributed by atoms with van der Waals surface area (Å²) in [5.74, 6) is 0.979. The maximum absolute atomic E-state index is 12.0. The SMILES string of the molecule is CC(C)(C)OC(=O)NC(Cc1cc(I)c(Oc2ccc(OCC3CO3)c(I)c2)c(I)c1)C(=O)O. The van der Waals surface area contributed by atoms with E-state index in [2.05, 4.69) is 73.1 Å². The molecule has 0 spiro atoms. The highest BCUT2D eigenvalue weighted by Gasteiger charge is 2.25. The summed E-state index contributed by atoms with van der Waals surface area (Å²) in [6.07, 6.45) is -0.473. The summed E-state index contributed by atoms with van der Waals surface area (Å²) in [5, 5.41) is 12.0. The largest absolute Gasteiger partial charge is 0.490 e. The fourth-order valence-electron chi connectivity index (χ4n) is 2.84. The van der Waals surface area contributed by atoms with Crippen molar-refractivity contribution in [1.29, 1.82) is 0 Å². The van der Waals surface area contributed by atoms with Crippen molar-refractivity contribution in [1.82, 2.24) is 5.32 Å². The van der Waals surface area contributed by atoms with Gasteiger partial charge in [-0.25, -0.2) is 9.59 Å². The molecular formula is C23H24I3NO7. The number of rotatable bonds is 9. The van der Waals surface area contributed by atoms with E-state index in [9.17, 15) is 14.7 Å². The minimum atomic E-state index is -1.14. The zero-order valence-electron chi connectivity index (χ0n) is 18.7. The van der Waals surface area contributed by atoms with Crippen molar-refractivity contribution >= 4 is 79.8 Å². The van der Waals surface area contributed by atoms with Crippen LogP contribution < -0.4 is 14.8 Å². The van der Waals surface area contributed by atoms with Crippen LogP contribution in [0.3, 0.4) is 0 Å². The molecule has 0 aliphatic carbocycles. The highest BCUT2D eigenvalue weighted by Crippen LogP contribution is 2.35. The Bertz CT molecular complexity index is 1040. The first-order valence-electron chi connectivity index (χ1n) is 10.3. The molecule has 34 heavy (non-hydrogen) atoms. The molecule has 1 aliphatic heterocycles. The standard InChI is InChI=1S/C23H24I3NO7/c1-23(2,3)34-22(30)27-18(21(28)29)8-12-6-16(25)20(17(26)7-12)33-13-4-5-19(15(24)9-13)32-11-14-10-31-14/h4-7,9,14,18H,8,10-11H2,1-3H3,(H,27,30)(H,28,29). The number of carbonyl (C=O) groups excluding carboxylic acids is 1. The second-order valence-electron chi connectivity index (χ2n) is 8.59. The molecule has 2 atom stereocenters. The van der Waals surface area contributed by atoms with Crippen LogP contribution in [-0.4, -0.2) is 48.1 Å². The summed E-state index contributed by atoms with van der Waals surface area (Å²) in [7, 11) is 0. The van der Waals surface area contributed by atoms with Crippen molar-refractivity contribution in [2.45, 2.75) is 44.9 Å². The maximum Gasteiger partial charge on any atom is 0.408 e. The highest BCUT2D eigenvalue weighted by molar-refractivity contribution is 14.1. The molecule has 1 aliphatic rings. The molecule has 8 nitrogen and oxygen atoms in total. The van der Waals surface area contributed by atoms with Crippen LogP contribution >= 0.6 is 67.8 Å². The Labute approximate surface area is 238 Å². The third-order valence-electron chi connectivity index (χ3n) is 4.44. The van der Waals surface area contributed by atoms with Gasteiger partial charge in [-0.2, -0.15) is 0 Å². The predicted molar refractivity (Wildman–Crippen MR) is 151 cm³/mol. The van der Waals surface area contributed by atoms with E-state index >= 15 is 0 Å². The van der Waals surface area contributed by atoms with E-state index in [1.165, 1.54) is 0 Å². The number of benzene rings is 2. The van der Waals surface area contributed by atoms with Gasteiger partial charge in [0.2, 0.25) is 0 Å². The van der Waals surface area contributed by atoms with Gasteiger partial charge in [0.25, 0.3) is 0 Å². The number of carboxylic acid groups (broad SMARTS) is 1. The number of amides is 1. The van der Waals surface area contributed by atoms with E-state index in [4.69, 9.17) is 18.9 Å². The number of carbonyl (C=O) groups is 2. The van der Waals surface area contributed by atoms with Crippen LogP contribution in [0.4, 0.5) is 4.79 Å². The molecule has 1 saturated heterocycles. The average molecular weight is 807 g/mol. The van der Waals surface area contributed by atoms with Crippen LogP contribution in [-0.2, 0) is 20.7 Å². The topological polar surface area (TPSA) is 107 Å². The Hall–Kier alpha value is -1.07. The van der Waals surface area contributed by atoms with E-state index in [1.54, 1.807) is 20.8 Å². The molecule has 1 amide bonds. The molecule has 0 radical (unpaired) electrons. The third-order valence-corrected chi connectivity index (χ3v) is 6.88. The lowest BCUT2D eigenvalue weighted by Crippen LogP contribution is -2.44. The fraction of sp³-hybridized carbons (Fsp3) is 0.391. The Morgan fingerprint density at radius 2 is 1.79 bits per heavy atom. The Morgan fingerprint density at radius 3 is 2.32 bits per heavy atom. The fourth-order valence-corrected chi connectivity index (χ4v) is 5.60. The van der Waals surface area contributed by atoms with Crippen molar-refractivity contribution in [3.8, 4) is 17.2 Å². The van der Waals surface area contributed by atoms with Crippen LogP contribution in [0.2, 0.25) is 0 Å². The number of epoxide rings is 1. The molecule has 2 aromatic rings. The molecule has 1 fully saturated rings. The molecule has 2 aromatic carbocycles. The second-order valence-corrected chi connectivity index (χ2v) is 12.1. The molecule has 0 aromatic heterocycles. The first-order chi connectivity index (χ1) is 15.9. The van der Waals surface area contributed by atoms with Crippen LogP contribution in [0.5, 0.6) is 17.2 Å². The van der Waals surface area contributed by atoms with E-state index in [0.29, 0.717) is 18.1 Å². The number of nitrogens with one attached hydrogen (secondary N) is 1. The molecule has 184 valence electrons. The van der Waals surface area contributed by atoms with Gasteiger partial charge in [0.15, 0.2) is 5.75 Å². The zero-order valence-corrected chi connectivity index (χ0v) is 25.2. The van der Waals surface area contributed by atoms with Gasteiger partial charge < -0.3 is 29.4 Å². The molecule has 0 bridgehead atoms. The number of ether oxygens (including phenoxy) is 4. The average Bonchev–Trinajstić information content (AvgIpc) is 3.52. The minimum absolute atomic E-state index is 0.107. The number of alkyl carbamates (subject to hydrolysis) is 1.